The third kappa shape index (κ3) is 1.68. The van der Waals surface area contributed by atoms with Gasteiger partial charge in [-0.05, 0) is 17.5 Å². The minimum Gasteiger partial charge on any atom is -0.313 e. The Morgan fingerprint density at radius 3 is 2.33 bits per heavy atom. The van der Waals surface area contributed by atoms with Crippen LogP contribution in [0.5, 0.6) is 0 Å². The Labute approximate surface area is 121 Å². The van der Waals surface area contributed by atoms with Crippen molar-refractivity contribution in [2.75, 3.05) is 0 Å². The predicted octanol–water partition coefficient (Wildman–Crippen LogP) is 3.56. The monoisotopic (exact) mass is 273 g/mol. The van der Waals surface area contributed by atoms with E-state index in [1.807, 2.05) is 36.5 Å². The van der Waals surface area contributed by atoms with Gasteiger partial charge in [-0.3, -0.25) is 9.59 Å². The molecule has 0 bridgehead atoms. The van der Waals surface area contributed by atoms with Gasteiger partial charge in [-0.15, -0.1) is 0 Å². The van der Waals surface area contributed by atoms with E-state index in [9.17, 15) is 9.59 Å². The molecule has 1 heterocycles. The zero-order chi connectivity index (χ0) is 14.4. The predicted molar refractivity (Wildman–Crippen MR) is 81.3 cm³/mol. The van der Waals surface area contributed by atoms with Gasteiger partial charge >= 0.3 is 0 Å². The molecule has 3 aromatic rings. The van der Waals surface area contributed by atoms with Gasteiger partial charge in [0.15, 0.2) is 5.78 Å². The maximum absolute atomic E-state index is 12.7. The van der Waals surface area contributed by atoms with Gasteiger partial charge in [-0.25, -0.2) is 0 Å². The lowest BCUT2D eigenvalue weighted by molar-refractivity contribution is 0.0998. The van der Waals surface area contributed by atoms with Crippen LogP contribution >= 0.6 is 0 Å². The molecule has 4 rings (SSSR count). The molecule has 0 saturated carbocycles. The number of para-hydroxylation sites is 1. The smallest absolute Gasteiger partial charge is 0.210 e. The second-order valence-electron chi connectivity index (χ2n) is 5.01. The second-order valence-corrected chi connectivity index (χ2v) is 5.01. The molecule has 0 amide bonds. The Hall–Kier alpha value is -2.94. The fraction of sp³-hybridized carbons (Fsp3) is 0. The Morgan fingerprint density at radius 2 is 1.48 bits per heavy atom. The van der Waals surface area contributed by atoms with Crippen molar-refractivity contribution in [2.24, 2.45) is 0 Å². The van der Waals surface area contributed by atoms with Crippen molar-refractivity contribution >= 4 is 28.2 Å². The molecule has 3 heteroatoms. The Kier molecular flexibility index (Phi) is 2.42. The molecule has 1 aromatic heterocycles. The number of carbonyl (C=O) groups excluding carboxylic acids is 2. The molecule has 3 nitrogen and oxygen atoms in total. The van der Waals surface area contributed by atoms with Crippen molar-refractivity contribution in [2.45, 2.75) is 0 Å². The normalized spacial score (nSPS) is 14.2. The number of hydrogen-bond acceptors (Lipinski definition) is 2. The van der Waals surface area contributed by atoms with Crippen molar-refractivity contribution in [1.29, 1.82) is 0 Å². The lowest BCUT2D eigenvalue weighted by Crippen LogP contribution is -2.19. The van der Waals surface area contributed by atoms with Crippen LogP contribution in [0.15, 0.2) is 66.9 Å². The van der Waals surface area contributed by atoms with E-state index in [-0.39, 0.29) is 11.6 Å². The highest BCUT2D eigenvalue weighted by Crippen LogP contribution is 2.27. The number of aromatic nitrogens is 1. The summed E-state index contributed by atoms with van der Waals surface area (Å²) in [6, 6.07) is 16.7. The molecule has 0 radical (unpaired) electrons. The molecule has 0 aliphatic heterocycles. The molecule has 0 atom stereocenters. The van der Waals surface area contributed by atoms with Crippen LogP contribution in [0.4, 0.5) is 0 Å². The van der Waals surface area contributed by atoms with Crippen molar-refractivity contribution in [3.8, 4) is 0 Å². The highest BCUT2D eigenvalue weighted by molar-refractivity contribution is 6.36. The summed E-state index contributed by atoms with van der Waals surface area (Å²) in [5.74, 6) is -0.246. The van der Waals surface area contributed by atoms with E-state index in [0.717, 1.165) is 10.9 Å². The summed E-state index contributed by atoms with van der Waals surface area (Å²) in [5.41, 5.74) is 2.27. The van der Waals surface area contributed by atoms with Crippen molar-refractivity contribution < 1.29 is 9.59 Å². The summed E-state index contributed by atoms with van der Waals surface area (Å²) in [5, 5.41) is 1.04. The lowest BCUT2D eigenvalue weighted by Gasteiger charge is -2.16. The summed E-state index contributed by atoms with van der Waals surface area (Å²) in [6.45, 7) is 0. The number of ketones is 2. The van der Waals surface area contributed by atoms with Gasteiger partial charge in [0.25, 0.3) is 0 Å². The van der Waals surface area contributed by atoms with E-state index >= 15 is 0 Å². The minimum absolute atomic E-state index is 0.119. The van der Waals surface area contributed by atoms with Crippen LogP contribution < -0.4 is 0 Å². The molecule has 1 aliphatic rings. The molecule has 0 unspecified atom stereocenters. The molecular weight excluding hydrogens is 262 g/mol. The van der Waals surface area contributed by atoms with Crippen LogP contribution in [0.3, 0.4) is 0 Å². The van der Waals surface area contributed by atoms with E-state index in [0.29, 0.717) is 16.8 Å². The fourth-order valence-electron chi connectivity index (χ4n) is 2.77. The molecule has 2 aromatic carbocycles. The SMILES string of the molecule is O=C1C=C(n2ccc3ccccc32)C(=O)c2ccccc21. The van der Waals surface area contributed by atoms with Gasteiger partial charge in [-0.1, -0.05) is 42.5 Å². The largest absolute Gasteiger partial charge is 0.313 e. The van der Waals surface area contributed by atoms with Crippen molar-refractivity contribution in [3.63, 3.8) is 0 Å². The maximum Gasteiger partial charge on any atom is 0.210 e. The summed E-state index contributed by atoms with van der Waals surface area (Å²) >= 11 is 0. The number of benzene rings is 2. The first-order valence-electron chi connectivity index (χ1n) is 6.72. The van der Waals surface area contributed by atoms with Crippen LogP contribution in [0.25, 0.3) is 16.6 Å². The number of hydrogen-bond donors (Lipinski definition) is 0. The minimum atomic E-state index is -0.127. The van der Waals surface area contributed by atoms with Gasteiger partial charge in [0, 0.05) is 23.4 Å². The standard InChI is InChI=1S/C18H11NO2/c20-17-11-16(18(21)14-7-3-2-6-13(14)17)19-10-9-12-5-1-4-8-15(12)19/h1-11H. The number of nitrogens with zero attached hydrogens (tertiary/aromatic N) is 1. The van der Waals surface area contributed by atoms with Crippen molar-refractivity contribution in [1.82, 2.24) is 4.57 Å². The number of fused-ring (bicyclic) bond motifs is 2. The third-order valence-corrected chi connectivity index (χ3v) is 3.80. The first-order valence-corrected chi connectivity index (χ1v) is 6.72. The van der Waals surface area contributed by atoms with E-state index < -0.39 is 0 Å². The zero-order valence-electron chi connectivity index (χ0n) is 11.1. The van der Waals surface area contributed by atoms with Crippen LogP contribution in [-0.2, 0) is 0 Å². The fourth-order valence-corrected chi connectivity index (χ4v) is 2.77. The Morgan fingerprint density at radius 1 is 0.762 bits per heavy atom. The maximum atomic E-state index is 12.7. The molecule has 0 fully saturated rings. The van der Waals surface area contributed by atoms with Crippen LogP contribution in [0, 0.1) is 0 Å². The van der Waals surface area contributed by atoms with Gasteiger partial charge in [0.2, 0.25) is 5.78 Å². The highest BCUT2D eigenvalue weighted by atomic mass is 16.1. The van der Waals surface area contributed by atoms with Gasteiger partial charge in [0.05, 0.1) is 11.2 Å². The summed E-state index contributed by atoms with van der Waals surface area (Å²) < 4.78 is 1.78. The van der Waals surface area contributed by atoms with Gasteiger partial charge in [-0.2, -0.15) is 0 Å². The molecule has 0 spiro atoms. The Balaban J connectivity index is 1.94. The molecule has 1 aliphatic carbocycles. The molecule has 0 saturated heterocycles. The Bertz CT molecular complexity index is 931. The average Bonchev–Trinajstić information content (AvgIpc) is 2.95. The number of carbonyl (C=O) groups is 2. The van der Waals surface area contributed by atoms with E-state index in [2.05, 4.69) is 0 Å². The number of Topliss-reactive ketones (excluding diaryl/α,β-unsaturated/α-hetero) is 1. The summed E-state index contributed by atoms with van der Waals surface area (Å²) in [4.78, 5) is 24.9. The van der Waals surface area contributed by atoms with E-state index in [1.165, 1.54) is 6.08 Å². The van der Waals surface area contributed by atoms with E-state index in [1.54, 1.807) is 28.8 Å². The average molecular weight is 273 g/mol. The quantitative estimate of drug-likeness (QED) is 0.680. The first-order chi connectivity index (χ1) is 10.3. The second kappa shape index (κ2) is 4.28. The van der Waals surface area contributed by atoms with Crippen LogP contribution in [0.2, 0.25) is 0 Å². The van der Waals surface area contributed by atoms with Gasteiger partial charge in [0.1, 0.15) is 0 Å². The molecule has 100 valence electrons. The number of rotatable bonds is 1. The topological polar surface area (TPSA) is 39.1 Å². The number of allylic oxidation sites excluding steroid dienone is 2. The van der Waals surface area contributed by atoms with Crippen LogP contribution in [-0.4, -0.2) is 16.1 Å². The summed E-state index contributed by atoms with van der Waals surface area (Å²) in [6.07, 6.45) is 3.26. The highest BCUT2D eigenvalue weighted by Gasteiger charge is 2.26. The first kappa shape index (κ1) is 11.9. The van der Waals surface area contributed by atoms with E-state index in [4.69, 9.17) is 0 Å². The third-order valence-electron chi connectivity index (χ3n) is 3.80. The summed E-state index contributed by atoms with van der Waals surface area (Å²) in [7, 11) is 0. The van der Waals surface area contributed by atoms with Gasteiger partial charge < -0.3 is 4.57 Å². The zero-order valence-corrected chi connectivity index (χ0v) is 11.1. The van der Waals surface area contributed by atoms with Crippen molar-refractivity contribution in [3.05, 3.63) is 78.0 Å². The lowest BCUT2D eigenvalue weighted by atomic mass is 9.92. The molecule has 0 N–H and O–H groups in total. The molecular formula is C18H11NO2. The molecule has 21 heavy (non-hydrogen) atoms. The van der Waals surface area contributed by atoms with Crippen LogP contribution in [0.1, 0.15) is 20.7 Å².